The number of unbranched alkanes of at least 4 members (excludes halogenated alkanes) is 1. The van der Waals surface area contributed by atoms with Gasteiger partial charge in [-0.25, -0.2) is 10.4 Å². The Hall–Kier alpha value is -2.10. The van der Waals surface area contributed by atoms with Gasteiger partial charge in [0.25, 0.3) is 0 Å². The molecule has 0 fully saturated rings. The summed E-state index contributed by atoms with van der Waals surface area (Å²) in [5.74, 6) is 0. The first-order valence-corrected chi connectivity index (χ1v) is 15.0. The number of nitrogens with zero attached hydrogens (tertiary/aromatic N) is 4. The number of hydrogen-bond acceptors (Lipinski definition) is 10. The predicted molar refractivity (Wildman–Crippen MR) is 153 cm³/mol. The molecule has 206 valence electrons. The molecule has 0 bridgehead atoms. The third-order valence-electron chi connectivity index (χ3n) is 6.69. The first-order valence-electron chi connectivity index (χ1n) is 12.5. The third kappa shape index (κ3) is 6.90. The Morgan fingerprint density at radius 2 is 1.05 bits per heavy atom. The van der Waals surface area contributed by atoms with Gasteiger partial charge < -0.3 is 20.2 Å². The number of anilines is 2. The lowest BCUT2D eigenvalue weighted by Gasteiger charge is -2.40. The second kappa shape index (κ2) is 13.8. The molecule has 12 heteroatoms. The van der Waals surface area contributed by atoms with Crippen molar-refractivity contribution in [3.63, 3.8) is 0 Å². The Labute approximate surface area is 232 Å². The van der Waals surface area contributed by atoms with E-state index in [4.69, 9.17) is 0 Å². The molecule has 0 aliphatic carbocycles. The standard InChI is InChI=1S/C26H36N6O4S2/c1-37-25-23(31(33)34)17-27(19-29(25)21-11-5-3-6-12-21)15-9-10-16-28-18-24(32(35)36)26(38-2)30(20-28)22-13-7-4-8-14-22/h3-8,11-14,31-33,35H,9-10,15-20H2,1-2H3. The smallest absolute Gasteiger partial charge is 0.184 e. The van der Waals surface area contributed by atoms with Crippen molar-refractivity contribution in [2.45, 2.75) is 12.8 Å². The molecule has 0 radical (unpaired) electrons. The van der Waals surface area contributed by atoms with Crippen LogP contribution in [0.2, 0.25) is 0 Å². The summed E-state index contributed by atoms with van der Waals surface area (Å²) < 4.78 is 0. The van der Waals surface area contributed by atoms with Gasteiger partial charge in [0.2, 0.25) is 0 Å². The summed E-state index contributed by atoms with van der Waals surface area (Å²) in [6, 6.07) is 19.8. The van der Waals surface area contributed by atoms with Gasteiger partial charge in [-0.05, 0) is 49.6 Å². The molecule has 2 heterocycles. The quantitative estimate of drug-likeness (QED) is 0.241. The normalized spacial score (nSPS) is 19.3. The molecule has 0 amide bonds. The van der Waals surface area contributed by atoms with Gasteiger partial charge in [-0.15, -0.1) is 23.5 Å². The molecule has 2 unspecified atom stereocenters. The molecule has 10 nitrogen and oxygen atoms in total. The van der Waals surface area contributed by atoms with Gasteiger partial charge in [0.05, 0.1) is 26.4 Å². The fraction of sp³-hybridized carbons (Fsp3) is 0.385. The molecule has 4 rings (SSSR count). The average molecular weight is 561 g/mol. The molecule has 38 heavy (non-hydrogen) atoms. The Morgan fingerprint density at radius 1 is 0.684 bits per heavy atom. The Bertz CT molecular complexity index is 1020. The van der Waals surface area contributed by atoms with E-state index in [1.807, 2.05) is 73.2 Å². The molecule has 4 N–H and O–H groups in total. The summed E-state index contributed by atoms with van der Waals surface area (Å²) in [5.41, 5.74) is 2.80. The zero-order chi connectivity index (χ0) is 27.1. The van der Waals surface area contributed by atoms with Crippen LogP contribution in [0.3, 0.4) is 0 Å². The zero-order valence-corrected chi connectivity index (χ0v) is 23.4. The summed E-state index contributed by atoms with van der Waals surface area (Å²) in [7, 11) is 0. The van der Waals surface area contributed by atoms with E-state index >= 15 is 0 Å². The average Bonchev–Trinajstić information content (AvgIpc) is 2.95. The predicted octanol–water partition coefficient (Wildman–Crippen LogP) is 1.93. The van der Waals surface area contributed by atoms with Crippen LogP contribution < -0.4 is 20.3 Å². The van der Waals surface area contributed by atoms with Gasteiger partial charge in [0, 0.05) is 24.5 Å². The number of hydrogen-bond donors (Lipinski definition) is 4. The highest BCUT2D eigenvalue weighted by atomic mass is 32.2. The second-order valence-corrected chi connectivity index (χ2v) is 10.8. The molecule has 0 saturated heterocycles. The Morgan fingerprint density at radius 3 is 1.37 bits per heavy atom. The fourth-order valence-corrected chi connectivity index (χ4v) is 6.47. The monoisotopic (exact) mass is 560 g/mol. The lowest BCUT2D eigenvalue weighted by Crippen LogP contribution is -3.04. The van der Waals surface area contributed by atoms with Crippen molar-refractivity contribution in [3.05, 3.63) is 92.5 Å². The van der Waals surface area contributed by atoms with E-state index in [0.717, 1.165) is 47.4 Å². The maximum atomic E-state index is 12.1. The zero-order valence-electron chi connectivity index (χ0n) is 21.7. The van der Waals surface area contributed by atoms with Gasteiger partial charge in [-0.1, -0.05) is 36.4 Å². The van der Waals surface area contributed by atoms with Crippen LogP contribution in [0.1, 0.15) is 12.8 Å². The summed E-state index contributed by atoms with van der Waals surface area (Å²) in [4.78, 5) is 8.51. The van der Waals surface area contributed by atoms with E-state index < -0.39 is 10.5 Å². The van der Waals surface area contributed by atoms with Crippen molar-refractivity contribution in [2.75, 3.05) is 61.8 Å². The minimum atomic E-state index is -0.883. The second-order valence-electron chi connectivity index (χ2n) is 9.21. The summed E-state index contributed by atoms with van der Waals surface area (Å²) in [6.45, 7) is 3.59. The first-order chi connectivity index (χ1) is 18.4. The number of rotatable bonds is 11. The molecule has 2 aromatic rings. The van der Waals surface area contributed by atoms with Crippen molar-refractivity contribution in [2.24, 2.45) is 0 Å². The topological polar surface area (TPSA) is 108 Å². The number of quaternary nitrogens is 2. The van der Waals surface area contributed by atoms with E-state index in [2.05, 4.69) is 19.6 Å². The van der Waals surface area contributed by atoms with E-state index in [9.17, 15) is 20.8 Å². The van der Waals surface area contributed by atoms with E-state index in [1.54, 1.807) is 0 Å². The SMILES string of the molecule is CSC1=C([NH+]([O-])O)CN(CCCCN2CC([NH+]([O-])O)=C(SC)N(c3ccccc3)C2)CN1c1ccccc1. The molecule has 0 spiro atoms. The molecule has 0 saturated carbocycles. The van der Waals surface area contributed by atoms with Crippen LogP contribution in [0.5, 0.6) is 0 Å². The fourth-order valence-electron chi connectivity index (χ4n) is 4.91. The van der Waals surface area contributed by atoms with Crippen LogP contribution in [0.25, 0.3) is 0 Å². The highest BCUT2D eigenvalue weighted by Gasteiger charge is 2.31. The van der Waals surface area contributed by atoms with Crippen LogP contribution in [0, 0.1) is 10.4 Å². The van der Waals surface area contributed by atoms with Gasteiger partial charge in [0.1, 0.15) is 10.1 Å². The van der Waals surface area contributed by atoms with Gasteiger partial charge >= 0.3 is 0 Å². The number of nitrogens with one attached hydrogen (secondary N) is 2. The minimum Gasteiger partial charge on any atom is -0.595 e. The van der Waals surface area contributed by atoms with Crippen molar-refractivity contribution in [1.82, 2.24) is 9.80 Å². The molecule has 2 aromatic carbocycles. The largest absolute Gasteiger partial charge is 0.595 e. The minimum absolute atomic E-state index is 0.406. The van der Waals surface area contributed by atoms with E-state index in [-0.39, 0.29) is 0 Å². The van der Waals surface area contributed by atoms with Crippen molar-refractivity contribution in [3.8, 4) is 0 Å². The maximum Gasteiger partial charge on any atom is 0.184 e. The van der Waals surface area contributed by atoms with Gasteiger partial charge in [-0.3, -0.25) is 9.80 Å². The lowest BCUT2D eigenvalue weighted by molar-refractivity contribution is -1.02. The maximum absolute atomic E-state index is 12.1. The Kier molecular flexibility index (Phi) is 10.5. The highest BCUT2D eigenvalue weighted by molar-refractivity contribution is 8.02. The first kappa shape index (κ1) is 28.9. The molecular formula is C26H36N6O4S2. The van der Waals surface area contributed by atoms with E-state index in [0.29, 0.717) is 37.8 Å². The number of benzene rings is 2. The van der Waals surface area contributed by atoms with Gasteiger partial charge in [-0.2, -0.15) is 10.5 Å². The molecule has 0 aromatic heterocycles. The molecule has 2 atom stereocenters. The number of hydroxylamine groups is 4. The van der Waals surface area contributed by atoms with Crippen LogP contribution in [0.4, 0.5) is 11.4 Å². The summed E-state index contributed by atoms with van der Waals surface area (Å²) in [6.07, 6.45) is 5.61. The molecule has 2 aliphatic heterocycles. The molecular weight excluding hydrogens is 524 g/mol. The van der Waals surface area contributed by atoms with Crippen LogP contribution in [-0.2, 0) is 0 Å². The van der Waals surface area contributed by atoms with Crippen molar-refractivity contribution in [1.29, 1.82) is 0 Å². The van der Waals surface area contributed by atoms with E-state index in [1.165, 1.54) is 23.5 Å². The molecule has 2 aliphatic rings. The van der Waals surface area contributed by atoms with Crippen LogP contribution >= 0.6 is 23.5 Å². The summed E-state index contributed by atoms with van der Waals surface area (Å²) in [5, 5.41) is 43.8. The number of thioether (sulfide) groups is 2. The third-order valence-corrected chi connectivity index (χ3v) is 8.40. The van der Waals surface area contributed by atoms with Crippen LogP contribution in [-0.4, -0.2) is 72.2 Å². The summed E-state index contributed by atoms with van der Waals surface area (Å²) >= 11 is 2.94. The Balaban J connectivity index is 1.39. The lowest BCUT2D eigenvalue weighted by atomic mass is 10.2. The van der Waals surface area contributed by atoms with Crippen LogP contribution in [0.15, 0.2) is 82.1 Å². The van der Waals surface area contributed by atoms with Crippen molar-refractivity contribution < 1.29 is 20.9 Å². The van der Waals surface area contributed by atoms with Gasteiger partial charge in [0.15, 0.2) is 11.4 Å². The highest BCUT2D eigenvalue weighted by Crippen LogP contribution is 2.31. The van der Waals surface area contributed by atoms with Crippen molar-refractivity contribution >= 4 is 34.9 Å². The number of para-hydroxylation sites is 2.